The zero-order valence-electron chi connectivity index (χ0n) is 14.0. The number of nitrogens with zero attached hydrogens (tertiary/aromatic N) is 6. The normalized spacial score (nSPS) is 17.5. The van der Waals surface area contributed by atoms with Gasteiger partial charge in [-0.05, 0) is 17.7 Å². The largest absolute Gasteiger partial charge is 0.348 e. The van der Waals surface area contributed by atoms with Gasteiger partial charge in [0.1, 0.15) is 11.0 Å². The minimum atomic E-state index is 0.0863. The third kappa shape index (κ3) is 2.54. The van der Waals surface area contributed by atoms with Crippen LogP contribution < -0.4 is 0 Å². The molecule has 1 aliphatic heterocycles. The Bertz CT molecular complexity index is 1080. The molecule has 0 spiro atoms. The van der Waals surface area contributed by atoms with Gasteiger partial charge in [0, 0.05) is 43.2 Å². The Morgan fingerprint density at radius 3 is 3.12 bits per heavy atom. The highest BCUT2D eigenvalue weighted by molar-refractivity contribution is 7.00. The highest BCUT2D eigenvalue weighted by atomic mass is 32.1. The topological polar surface area (TPSA) is 75.5 Å². The summed E-state index contributed by atoms with van der Waals surface area (Å²) < 4.78 is 10.5. The molecule has 4 aromatic rings. The maximum Gasteiger partial charge on any atom is 0.105 e. The Morgan fingerprint density at radius 2 is 2.23 bits per heavy atom. The van der Waals surface area contributed by atoms with E-state index >= 15 is 0 Å². The molecule has 8 heteroatoms. The van der Waals surface area contributed by atoms with Gasteiger partial charge in [-0.15, -0.1) is 0 Å². The summed E-state index contributed by atoms with van der Waals surface area (Å²) in [4.78, 5) is 10.4. The lowest BCUT2D eigenvalue weighted by Crippen LogP contribution is -2.35. The van der Waals surface area contributed by atoms with Crippen molar-refractivity contribution in [2.45, 2.75) is 19.0 Å². The molecule has 0 saturated heterocycles. The second kappa shape index (κ2) is 6.15. The number of imidazole rings is 1. The number of fused-ring (bicyclic) bond motifs is 2. The van der Waals surface area contributed by atoms with Gasteiger partial charge in [0.25, 0.3) is 0 Å². The molecular formula is C18H17N7S. The molecule has 0 bridgehead atoms. The predicted octanol–water partition coefficient (Wildman–Crippen LogP) is 2.86. The number of nitrogens with one attached hydrogen (secondary N) is 1. The van der Waals surface area contributed by atoms with Crippen molar-refractivity contribution in [3.05, 3.63) is 66.0 Å². The van der Waals surface area contributed by atoms with Gasteiger partial charge in [-0.1, -0.05) is 12.6 Å². The first-order chi connectivity index (χ1) is 12.8. The fourth-order valence-corrected chi connectivity index (χ4v) is 4.14. The lowest BCUT2D eigenvalue weighted by atomic mass is 9.95. The molecule has 0 aliphatic carbocycles. The minimum absolute atomic E-state index is 0.0863. The summed E-state index contributed by atoms with van der Waals surface area (Å²) in [6.45, 7) is 5.52. The molecule has 4 heterocycles. The van der Waals surface area contributed by atoms with Crippen LogP contribution >= 0.6 is 11.7 Å². The average molecular weight is 363 g/mol. The highest BCUT2D eigenvalue weighted by Gasteiger charge is 2.31. The molecule has 0 fully saturated rings. The summed E-state index contributed by atoms with van der Waals surface area (Å²) >= 11 is 1.25. The first-order valence-corrected chi connectivity index (χ1v) is 9.19. The van der Waals surface area contributed by atoms with E-state index < -0.39 is 0 Å². The number of rotatable bonds is 4. The van der Waals surface area contributed by atoms with Crippen molar-refractivity contribution < 1.29 is 0 Å². The Kier molecular flexibility index (Phi) is 3.65. The van der Waals surface area contributed by atoms with Crippen LogP contribution in [0, 0.1) is 0 Å². The molecule has 26 heavy (non-hydrogen) atoms. The Labute approximate surface area is 154 Å². The van der Waals surface area contributed by atoms with E-state index in [2.05, 4.69) is 47.4 Å². The minimum Gasteiger partial charge on any atom is -0.348 e. The van der Waals surface area contributed by atoms with E-state index in [1.807, 2.05) is 18.5 Å². The molecule has 130 valence electrons. The standard InChI is InChI=1S/C18H17N7S/c1-2-25-10-12(8-21-25)9-24-6-5-15-17(20-11-19-15)18(24)13-3-4-14-16(7-13)23-26-22-14/h2-4,7-8,10-11,18H,1,5-6,9H2,(H,19,20)/t18-/m1/s1. The second-order valence-corrected chi connectivity index (χ2v) is 6.94. The molecule has 0 saturated carbocycles. The van der Waals surface area contributed by atoms with E-state index in [4.69, 9.17) is 0 Å². The summed E-state index contributed by atoms with van der Waals surface area (Å²) in [5, 5.41) is 4.30. The van der Waals surface area contributed by atoms with Gasteiger partial charge in [-0.2, -0.15) is 13.8 Å². The molecule has 1 atom stereocenters. The number of hydrogen-bond acceptors (Lipinski definition) is 6. The maximum atomic E-state index is 4.63. The van der Waals surface area contributed by atoms with Gasteiger partial charge >= 0.3 is 0 Å². The number of aromatic nitrogens is 6. The van der Waals surface area contributed by atoms with Crippen molar-refractivity contribution >= 4 is 29.0 Å². The van der Waals surface area contributed by atoms with Gasteiger partial charge in [-0.25, -0.2) is 9.67 Å². The number of H-pyrrole nitrogens is 1. The van der Waals surface area contributed by atoms with Gasteiger partial charge in [-0.3, -0.25) is 4.90 Å². The lowest BCUT2D eigenvalue weighted by Gasteiger charge is -2.35. The molecule has 0 radical (unpaired) electrons. The average Bonchev–Trinajstić information content (AvgIpc) is 3.41. The Balaban J connectivity index is 1.55. The van der Waals surface area contributed by atoms with Crippen molar-refractivity contribution in [2.24, 2.45) is 0 Å². The predicted molar refractivity (Wildman–Crippen MR) is 101 cm³/mol. The smallest absolute Gasteiger partial charge is 0.105 e. The monoisotopic (exact) mass is 363 g/mol. The van der Waals surface area contributed by atoms with E-state index in [9.17, 15) is 0 Å². The fourth-order valence-electron chi connectivity index (χ4n) is 3.63. The SMILES string of the molecule is C=Cn1cc(CN2CCc3[nH]cnc3[C@H]2c2ccc3nsnc3c2)cn1. The van der Waals surface area contributed by atoms with E-state index in [1.165, 1.54) is 23.0 Å². The lowest BCUT2D eigenvalue weighted by molar-refractivity contribution is 0.200. The van der Waals surface area contributed by atoms with E-state index in [1.54, 1.807) is 17.2 Å². The van der Waals surface area contributed by atoms with Crippen molar-refractivity contribution in [1.82, 2.24) is 33.4 Å². The quantitative estimate of drug-likeness (QED) is 0.603. The van der Waals surface area contributed by atoms with Gasteiger partial charge < -0.3 is 4.98 Å². The Hall–Kier alpha value is -2.84. The Morgan fingerprint density at radius 1 is 1.31 bits per heavy atom. The van der Waals surface area contributed by atoms with Crippen molar-refractivity contribution in [2.75, 3.05) is 6.54 Å². The molecule has 7 nitrogen and oxygen atoms in total. The van der Waals surface area contributed by atoms with Crippen LogP contribution in [0.2, 0.25) is 0 Å². The summed E-state index contributed by atoms with van der Waals surface area (Å²) in [5.74, 6) is 0. The molecule has 1 aromatic carbocycles. The summed E-state index contributed by atoms with van der Waals surface area (Å²) in [6.07, 6.45) is 8.36. The molecular weight excluding hydrogens is 346 g/mol. The highest BCUT2D eigenvalue weighted by Crippen LogP contribution is 2.35. The van der Waals surface area contributed by atoms with Gasteiger partial charge in [0.15, 0.2) is 0 Å². The van der Waals surface area contributed by atoms with Crippen molar-refractivity contribution in [3.63, 3.8) is 0 Å². The third-order valence-electron chi connectivity index (χ3n) is 4.85. The van der Waals surface area contributed by atoms with Crippen LogP contribution in [0.25, 0.3) is 17.2 Å². The maximum absolute atomic E-state index is 4.63. The van der Waals surface area contributed by atoms with Crippen LogP contribution in [0.4, 0.5) is 0 Å². The van der Waals surface area contributed by atoms with Gasteiger partial charge in [0.05, 0.1) is 36.0 Å². The van der Waals surface area contributed by atoms with E-state index in [0.29, 0.717) is 0 Å². The van der Waals surface area contributed by atoms with Crippen LogP contribution in [-0.2, 0) is 13.0 Å². The zero-order valence-corrected chi connectivity index (χ0v) is 14.9. The molecule has 1 aliphatic rings. The van der Waals surface area contributed by atoms with Crippen molar-refractivity contribution in [3.8, 4) is 0 Å². The van der Waals surface area contributed by atoms with Crippen LogP contribution in [0.5, 0.6) is 0 Å². The first-order valence-electron chi connectivity index (χ1n) is 8.46. The number of benzene rings is 1. The van der Waals surface area contributed by atoms with Crippen LogP contribution in [0.15, 0.2) is 43.5 Å². The van der Waals surface area contributed by atoms with Crippen LogP contribution in [-0.4, -0.2) is 39.9 Å². The van der Waals surface area contributed by atoms with E-state index in [0.717, 1.165) is 41.8 Å². The zero-order chi connectivity index (χ0) is 17.5. The molecule has 1 N–H and O–H groups in total. The fraction of sp³-hybridized carbons (Fsp3) is 0.222. The molecule has 0 unspecified atom stereocenters. The van der Waals surface area contributed by atoms with Crippen LogP contribution in [0.3, 0.4) is 0 Å². The van der Waals surface area contributed by atoms with Crippen molar-refractivity contribution in [1.29, 1.82) is 0 Å². The summed E-state index contributed by atoms with van der Waals surface area (Å²) in [6, 6.07) is 6.40. The van der Waals surface area contributed by atoms with E-state index in [-0.39, 0.29) is 6.04 Å². The molecule has 0 amide bonds. The molecule has 3 aromatic heterocycles. The van der Waals surface area contributed by atoms with Crippen LogP contribution in [0.1, 0.15) is 28.6 Å². The number of hydrogen-bond donors (Lipinski definition) is 1. The third-order valence-corrected chi connectivity index (χ3v) is 5.40. The second-order valence-electron chi connectivity index (χ2n) is 6.41. The molecule has 5 rings (SSSR count). The first kappa shape index (κ1) is 15.4. The number of aromatic amines is 1. The van der Waals surface area contributed by atoms with Gasteiger partial charge in [0.2, 0.25) is 0 Å². The summed E-state index contributed by atoms with van der Waals surface area (Å²) in [5.41, 5.74) is 6.53. The summed E-state index contributed by atoms with van der Waals surface area (Å²) in [7, 11) is 0.